The molecule has 3 rings (SSSR count). The van der Waals surface area contributed by atoms with Crippen LogP contribution in [-0.4, -0.2) is 24.1 Å². The van der Waals surface area contributed by atoms with Crippen molar-refractivity contribution in [2.75, 3.05) is 18.0 Å². The SMILES string of the molecule is CCN(CC1CCC1)c1nc(C)c(CNC2CC2)s1. The predicted molar refractivity (Wildman–Crippen MR) is 81.9 cm³/mol. The predicted octanol–water partition coefficient (Wildman–Crippen LogP) is 3.33. The van der Waals surface area contributed by atoms with E-state index in [9.17, 15) is 0 Å². The highest BCUT2D eigenvalue weighted by molar-refractivity contribution is 7.15. The second-order valence-corrected chi connectivity index (χ2v) is 7.06. The van der Waals surface area contributed by atoms with Crippen LogP contribution in [0.1, 0.15) is 49.6 Å². The Morgan fingerprint density at radius 1 is 1.32 bits per heavy atom. The van der Waals surface area contributed by atoms with Gasteiger partial charge in [0.1, 0.15) is 0 Å². The molecular weight excluding hydrogens is 254 g/mol. The Labute approximate surface area is 120 Å². The van der Waals surface area contributed by atoms with Crippen molar-refractivity contribution < 1.29 is 0 Å². The summed E-state index contributed by atoms with van der Waals surface area (Å²) in [7, 11) is 0. The minimum Gasteiger partial charge on any atom is -0.348 e. The summed E-state index contributed by atoms with van der Waals surface area (Å²) in [5.41, 5.74) is 1.22. The van der Waals surface area contributed by atoms with Crippen LogP contribution < -0.4 is 10.2 Å². The van der Waals surface area contributed by atoms with Gasteiger partial charge in [-0.15, -0.1) is 11.3 Å². The number of aryl methyl sites for hydroxylation is 1. The summed E-state index contributed by atoms with van der Waals surface area (Å²) in [6.07, 6.45) is 6.96. The molecule has 1 heterocycles. The number of nitrogens with zero attached hydrogens (tertiary/aromatic N) is 2. The second-order valence-electron chi connectivity index (χ2n) is 6.00. The maximum Gasteiger partial charge on any atom is 0.185 e. The van der Waals surface area contributed by atoms with E-state index in [1.807, 2.05) is 11.3 Å². The maximum absolute atomic E-state index is 4.80. The third-order valence-corrected chi connectivity index (χ3v) is 5.58. The summed E-state index contributed by atoms with van der Waals surface area (Å²) in [4.78, 5) is 8.70. The molecule has 106 valence electrons. The normalized spacial score (nSPS) is 19.5. The van der Waals surface area contributed by atoms with Crippen LogP contribution in [0, 0.1) is 12.8 Å². The van der Waals surface area contributed by atoms with Gasteiger partial charge in [0.05, 0.1) is 5.69 Å². The molecule has 0 unspecified atom stereocenters. The minimum atomic E-state index is 0.780. The first kappa shape index (κ1) is 13.4. The van der Waals surface area contributed by atoms with Crippen molar-refractivity contribution in [2.45, 2.75) is 58.5 Å². The molecule has 1 aromatic rings. The summed E-state index contributed by atoms with van der Waals surface area (Å²) in [6, 6.07) is 0.780. The fraction of sp³-hybridized carbons (Fsp3) is 0.800. The van der Waals surface area contributed by atoms with Gasteiger partial charge in [0.25, 0.3) is 0 Å². The van der Waals surface area contributed by atoms with Crippen molar-refractivity contribution in [1.29, 1.82) is 0 Å². The van der Waals surface area contributed by atoms with Crippen molar-refractivity contribution in [3.8, 4) is 0 Å². The minimum absolute atomic E-state index is 0.780. The van der Waals surface area contributed by atoms with Gasteiger partial charge in [0.2, 0.25) is 0 Å². The first-order valence-electron chi connectivity index (χ1n) is 7.71. The molecule has 0 bridgehead atoms. The molecule has 1 N–H and O–H groups in total. The van der Waals surface area contributed by atoms with Gasteiger partial charge in [-0.05, 0) is 45.4 Å². The van der Waals surface area contributed by atoms with Gasteiger partial charge >= 0.3 is 0 Å². The van der Waals surface area contributed by atoms with E-state index in [0.29, 0.717) is 0 Å². The zero-order valence-corrected chi connectivity index (χ0v) is 12.9. The Bertz CT molecular complexity index is 421. The molecule has 0 spiro atoms. The van der Waals surface area contributed by atoms with Gasteiger partial charge in [-0.3, -0.25) is 0 Å². The summed E-state index contributed by atoms with van der Waals surface area (Å²) < 4.78 is 0. The molecule has 19 heavy (non-hydrogen) atoms. The van der Waals surface area contributed by atoms with E-state index in [-0.39, 0.29) is 0 Å². The largest absolute Gasteiger partial charge is 0.348 e. The zero-order chi connectivity index (χ0) is 13.2. The number of anilines is 1. The van der Waals surface area contributed by atoms with Crippen LogP contribution in [0.5, 0.6) is 0 Å². The molecule has 0 radical (unpaired) electrons. The van der Waals surface area contributed by atoms with Crippen LogP contribution in [-0.2, 0) is 6.54 Å². The van der Waals surface area contributed by atoms with E-state index in [0.717, 1.165) is 25.0 Å². The molecule has 2 saturated carbocycles. The first-order valence-corrected chi connectivity index (χ1v) is 8.52. The Kier molecular flexibility index (Phi) is 4.08. The third-order valence-electron chi connectivity index (χ3n) is 4.37. The van der Waals surface area contributed by atoms with Crippen LogP contribution >= 0.6 is 11.3 Å². The van der Waals surface area contributed by atoms with Gasteiger partial charge in [-0.2, -0.15) is 0 Å². The van der Waals surface area contributed by atoms with Crippen LogP contribution in [0.2, 0.25) is 0 Å². The van der Waals surface area contributed by atoms with Crippen molar-refractivity contribution in [2.24, 2.45) is 5.92 Å². The number of hydrogen-bond donors (Lipinski definition) is 1. The monoisotopic (exact) mass is 279 g/mol. The van der Waals surface area contributed by atoms with E-state index in [2.05, 4.69) is 24.1 Å². The highest BCUT2D eigenvalue weighted by atomic mass is 32.1. The lowest BCUT2D eigenvalue weighted by atomic mass is 9.85. The summed E-state index contributed by atoms with van der Waals surface area (Å²) in [6.45, 7) is 7.70. The van der Waals surface area contributed by atoms with Crippen molar-refractivity contribution in [3.05, 3.63) is 10.6 Å². The standard InChI is InChI=1S/C15H25N3S/c1-3-18(10-12-5-4-6-12)15-17-11(2)14(19-15)9-16-13-7-8-13/h12-13,16H,3-10H2,1-2H3. The van der Waals surface area contributed by atoms with E-state index >= 15 is 0 Å². The lowest BCUT2D eigenvalue weighted by molar-refractivity contribution is 0.318. The molecule has 2 fully saturated rings. The van der Waals surface area contributed by atoms with Crippen LogP contribution in [0.15, 0.2) is 0 Å². The van der Waals surface area contributed by atoms with Gasteiger partial charge in [0.15, 0.2) is 5.13 Å². The Hall–Kier alpha value is -0.610. The van der Waals surface area contributed by atoms with Gasteiger partial charge in [0, 0.05) is 30.6 Å². The average molecular weight is 279 g/mol. The second kappa shape index (κ2) is 5.80. The number of rotatable bonds is 7. The number of thiazole rings is 1. The first-order chi connectivity index (χ1) is 9.26. The van der Waals surface area contributed by atoms with Gasteiger partial charge in [-0.1, -0.05) is 6.42 Å². The van der Waals surface area contributed by atoms with Gasteiger partial charge in [-0.25, -0.2) is 4.98 Å². The van der Waals surface area contributed by atoms with Crippen molar-refractivity contribution in [1.82, 2.24) is 10.3 Å². The molecular formula is C15H25N3S. The Balaban J connectivity index is 1.62. The molecule has 3 nitrogen and oxygen atoms in total. The third kappa shape index (κ3) is 3.29. The summed E-state index contributed by atoms with van der Waals surface area (Å²) in [5, 5.41) is 4.83. The Morgan fingerprint density at radius 2 is 2.11 bits per heavy atom. The van der Waals surface area contributed by atoms with E-state index < -0.39 is 0 Å². The van der Waals surface area contributed by atoms with E-state index in [1.54, 1.807) is 0 Å². The molecule has 0 aliphatic heterocycles. The Morgan fingerprint density at radius 3 is 2.68 bits per heavy atom. The lowest BCUT2D eigenvalue weighted by Gasteiger charge is -2.31. The van der Waals surface area contributed by atoms with Crippen molar-refractivity contribution in [3.63, 3.8) is 0 Å². The zero-order valence-electron chi connectivity index (χ0n) is 12.1. The molecule has 2 aliphatic carbocycles. The summed E-state index contributed by atoms with van der Waals surface area (Å²) >= 11 is 1.89. The molecule has 1 aromatic heterocycles. The molecule has 0 amide bonds. The average Bonchev–Trinajstić information content (AvgIpc) is 3.10. The maximum atomic E-state index is 4.80. The lowest BCUT2D eigenvalue weighted by Crippen LogP contribution is -2.32. The fourth-order valence-electron chi connectivity index (χ4n) is 2.57. The summed E-state index contributed by atoms with van der Waals surface area (Å²) in [5.74, 6) is 0.914. The molecule has 4 heteroatoms. The topological polar surface area (TPSA) is 28.2 Å². The number of nitrogens with one attached hydrogen (secondary N) is 1. The van der Waals surface area contributed by atoms with E-state index in [4.69, 9.17) is 4.98 Å². The van der Waals surface area contributed by atoms with Crippen LogP contribution in [0.4, 0.5) is 5.13 Å². The van der Waals surface area contributed by atoms with Crippen molar-refractivity contribution >= 4 is 16.5 Å². The fourth-order valence-corrected chi connectivity index (χ4v) is 3.65. The van der Waals surface area contributed by atoms with E-state index in [1.165, 1.54) is 54.4 Å². The molecule has 0 aromatic carbocycles. The molecule has 0 saturated heterocycles. The van der Waals surface area contributed by atoms with Crippen LogP contribution in [0.25, 0.3) is 0 Å². The number of hydrogen-bond acceptors (Lipinski definition) is 4. The van der Waals surface area contributed by atoms with Crippen LogP contribution in [0.3, 0.4) is 0 Å². The smallest absolute Gasteiger partial charge is 0.185 e. The quantitative estimate of drug-likeness (QED) is 0.830. The molecule has 0 atom stereocenters. The highest BCUT2D eigenvalue weighted by Crippen LogP contribution is 2.32. The van der Waals surface area contributed by atoms with Gasteiger partial charge < -0.3 is 10.2 Å². The molecule has 2 aliphatic rings. The number of aromatic nitrogens is 1. The highest BCUT2D eigenvalue weighted by Gasteiger charge is 2.23.